The largest absolute Gasteiger partial charge is 0.341 e. The zero-order valence-electron chi connectivity index (χ0n) is 10.1. The number of aromatic nitrogens is 2. The number of aryl methyl sites for hydroxylation is 1. The summed E-state index contributed by atoms with van der Waals surface area (Å²) in [5, 5.41) is 0. The highest BCUT2D eigenvalue weighted by molar-refractivity contribution is 5.78. The van der Waals surface area contributed by atoms with Crippen molar-refractivity contribution in [2.24, 2.45) is 11.7 Å². The maximum Gasteiger partial charge on any atom is 0.124 e. The predicted molar refractivity (Wildman–Crippen MR) is 67.2 cm³/mol. The van der Waals surface area contributed by atoms with E-state index in [0.29, 0.717) is 5.92 Å². The Morgan fingerprint density at radius 1 is 1.44 bits per heavy atom. The molecule has 0 fully saturated rings. The minimum atomic E-state index is -0.00296. The van der Waals surface area contributed by atoms with Crippen LogP contribution in [0.4, 0.5) is 0 Å². The number of hydrogen-bond donors (Lipinski definition) is 2. The summed E-state index contributed by atoms with van der Waals surface area (Å²) in [6.07, 6.45) is 1.07. The molecule has 0 amide bonds. The van der Waals surface area contributed by atoms with Gasteiger partial charge in [0.15, 0.2) is 0 Å². The van der Waals surface area contributed by atoms with Crippen molar-refractivity contribution in [3.05, 3.63) is 29.6 Å². The van der Waals surface area contributed by atoms with Crippen LogP contribution in [-0.4, -0.2) is 9.97 Å². The zero-order valence-corrected chi connectivity index (χ0v) is 10.1. The molecule has 0 saturated heterocycles. The summed E-state index contributed by atoms with van der Waals surface area (Å²) in [4.78, 5) is 7.92. The first-order valence-electron chi connectivity index (χ1n) is 5.84. The second kappa shape index (κ2) is 4.26. The van der Waals surface area contributed by atoms with Crippen molar-refractivity contribution in [2.45, 2.75) is 33.2 Å². The third-order valence-electron chi connectivity index (χ3n) is 3.31. The van der Waals surface area contributed by atoms with Crippen molar-refractivity contribution in [3.63, 3.8) is 0 Å². The molecule has 2 aromatic rings. The van der Waals surface area contributed by atoms with Gasteiger partial charge in [0.2, 0.25) is 0 Å². The quantitative estimate of drug-likeness (QED) is 0.830. The van der Waals surface area contributed by atoms with Gasteiger partial charge in [0.1, 0.15) is 5.82 Å². The van der Waals surface area contributed by atoms with E-state index in [2.05, 4.69) is 36.8 Å². The molecule has 3 heteroatoms. The van der Waals surface area contributed by atoms with Crippen molar-refractivity contribution in [1.82, 2.24) is 9.97 Å². The number of imidazole rings is 1. The summed E-state index contributed by atoms with van der Waals surface area (Å²) in [6, 6.07) is 6.15. The second-order valence-corrected chi connectivity index (χ2v) is 4.50. The van der Waals surface area contributed by atoms with Crippen LogP contribution in [0.1, 0.15) is 37.7 Å². The van der Waals surface area contributed by atoms with Gasteiger partial charge in [0.05, 0.1) is 17.1 Å². The molecule has 0 aliphatic heterocycles. The average molecular weight is 217 g/mol. The van der Waals surface area contributed by atoms with E-state index < -0.39 is 0 Å². The van der Waals surface area contributed by atoms with E-state index in [0.717, 1.165) is 23.3 Å². The number of nitrogens with one attached hydrogen (secondary N) is 1. The zero-order chi connectivity index (χ0) is 11.7. The van der Waals surface area contributed by atoms with Crippen molar-refractivity contribution in [2.75, 3.05) is 0 Å². The van der Waals surface area contributed by atoms with Crippen LogP contribution in [0, 0.1) is 12.8 Å². The Morgan fingerprint density at radius 2 is 2.19 bits per heavy atom. The summed E-state index contributed by atoms with van der Waals surface area (Å²) in [5.41, 5.74) is 9.48. The first kappa shape index (κ1) is 11.1. The normalized spacial score (nSPS) is 15.2. The van der Waals surface area contributed by atoms with E-state index >= 15 is 0 Å². The number of rotatable bonds is 3. The third kappa shape index (κ3) is 1.83. The van der Waals surface area contributed by atoms with Crippen molar-refractivity contribution in [3.8, 4) is 0 Å². The molecule has 1 aromatic carbocycles. The minimum absolute atomic E-state index is 0.00296. The molecule has 1 heterocycles. The maximum atomic E-state index is 6.17. The third-order valence-corrected chi connectivity index (χ3v) is 3.31. The molecule has 0 saturated carbocycles. The van der Waals surface area contributed by atoms with Crippen LogP contribution in [0.15, 0.2) is 18.2 Å². The van der Waals surface area contributed by atoms with E-state index in [1.807, 2.05) is 12.1 Å². The first-order chi connectivity index (χ1) is 7.63. The smallest absolute Gasteiger partial charge is 0.124 e. The molecule has 0 radical (unpaired) electrons. The standard InChI is InChI=1S/C13H19N3/c1-4-8(2)11(14)13-15-10-7-5-6-9(3)12(10)16-13/h5-8,11H,4,14H2,1-3H3,(H,15,16). The van der Waals surface area contributed by atoms with Crippen LogP contribution >= 0.6 is 0 Å². The van der Waals surface area contributed by atoms with Crippen molar-refractivity contribution >= 4 is 11.0 Å². The molecule has 0 aliphatic carbocycles. The lowest BCUT2D eigenvalue weighted by Gasteiger charge is -2.15. The van der Waals surface area contributed by atoms with E-state index in [1.165, 1.54) is 5.56 Å². The maximum absolute atomic E-state index is 6.17. The molecule has 16 heavy (non-hydrogen) atoms. The number of nitrogens with zero attached hydrogens (tertiary/aromatic N) is 1. The molecular formula is C13H19N3. The van der Waals surface area contributed by atoms with Crippen molar-refractivity contribution in [1.29, 1.82) is 0 Å². The Balaban J connectivity index is 2.43. The molecule has 2 unspecified atom stereocenters. The van der Waals surface area contributed by atoms with E-state index in [9.17, 15) is 0 Å². The highest BCUT2D eigenvalue weighted by atomic mass is 15.0. The molecule has 86 valence electrons. The topological polar surface area (TPSA) is 54.7 Å². The van der Waals surface area contributed by atoms with Gasteiger partial charge in [-0.05, 0) is 24.5 Å². The number of fused-ring (bicyclic) bond motifs is 1. The van der Waals surface area contributed by atoms with Gasteiger partial charge in [0, 0.05) is 0 Å². The summed E-state index contributed by atoms with van der Waals surface area (Å²) >= 11 is 0. The lowest BCUT2D eigenvalue weighted by molar-refractivity contribution is 0.442. The van der Waals surface area contributed by atoms with Gasteiger partial charge < -0.3 is 10.7 Å². The number of H-pyrrole nitrogens is 1. The molecule has 0 aliphatic rings. The fraction of sp³-hybridized carbons (Fsp3) is 0.462. The van der Waals surface area contributed by atoms with Crippen LogP contribution in [0.25, 0.3) is 11.0 Å². The molecule has 0 spiro atoms. The SMILES string of the molecule is CCC(C)C(N)c1nc2c(C)cccc2[nH]1. The van der Waals surface area contributed by atoms with Gasteiger partial charge in [-0.3, -0.25) is 0 Å². The molecule has 2 rings (SSSR count). The molecule has 1 aromatic heterocycles. The van der Waals surface area contributed by atoms with E-state index in [-0.39, 0.29) is 6.04 Å². The van der Waals surface area contributed by atoms with Crippen LogP contribution in [0.3, 0.4) is 0 Å². The Morgan fingerprint density at radius 3 is 2.81 bits per heavy atom. The lowest BCUT2D eigenvalue weighted by Crippen LogP contribution is -2.19. The molecule has 3 N–H and O–H groups in total. The van der Waals surface area contributed by atoms with Crippen molar-refractivity contribution < 1.29 is 0 Å². The highest BCUT2D eigenvalue weighted by Crippen LogP contribution is 2.23. The summed E-state index contributed by atoms with van der Waals surface area (Å²) in [7, 11) is 0. The van der Waals surface area contributed by atoms with E-state index in [4.69, 9.17) is 5.73 Å². The van der Waals surface area contributed by atoms with Gasteiger partial charge in [-0.2, -0.15) is 0 Å². The van der Waals surface area contributed by atoms with Crippen LogP contribution in [-0.2, 0) is 0 Å². The van der Waals surface area contributed by atoms with Gasteiger partial charge in [-0.25, -0.2) is 4.98 Å². The molecular weight excluding hydrogens is 198 g/mol. The minimum Gasteiger partial charge on any atom is -0.341 e. The number of aromatic amines is 1. The molecule has 3 nitrogen and oxygen atoms in total. The summed E-state index contributed by atoms with van der Waals surface area (Å²) < 4.78 is 0. The lowest BCUT2D eigenvalue weighted by atomic mass is 10.00. The number of hydrogen-bond acceptors (Lipinski definition) is 2. The first-order valence-corrected chi connectivity index (χ1v) is 5.84. The molecule has 2 atom stereocenters. The van der Waals surface area contributed by atoms with Crippen LogP contribution < -0.4 is 5.73 Å². The number of benzene rings is 1. The van der Waals surface area contributed by atoms with Gasteiger partial charge in [-0.1, -0.05) is 32.4 Å². The Bertz CT molecular complexity index is 487. The van der Waals surface area contributed by atoms with Gasteiger partial charge in [-0.15, -0.1) is 0 Å². The Kier molecular flexibility index (Phi) is 2.97. The Hall–Kier alpha value is -1.35. The predicted octanol–water partition coefficient (Wildman–Crippen LogP) is 2.92. The fourth-order valence-electron chi connectivity index (χ4n) is 1.88. The van der Waals surface area contributed by atoms with E-state index in [1.54, 1.807) is 0 Å². The number of nitrogens with two attached hydrogens (primary N) is 1. The Labute approximate surface area is 96.1 Å². The second-order valence-electron chi connectivity index (χ2n) is 4.50. The average Bonchev–Trinajstić information content (AvgIpc) is 2.72. The summed E-state index contributed by atoms with van der Waals surface area (Å²) in [6.45, 7) is 6.38. The molecule has 0 bridgehead atoms. The van der Waals surface area contributed by atoms with Crippen LogP contribution in [0.2, 0.25) is 0 Å². The summed E-state index contributed by atoms with van der Waals surface area (Å²) in [5.74, 6) is 1.35. The monoisotopic (exact) mass is 217 g/mol. The number of para-hydroxylation sites is 1. The van der Waals surface area contributed by atoms with Crippen LogP contribution in [0.5, 0.6) is 0 Å². The van der Waals surface area contributed by atoms with Gasteiger partial charge in [0.25, 0.3) is 0 Å². The fourth-order valence-corrected chi connectivity index (χ4v) is 1.88. The highest BCUT2D eigenvalue weighted by Gasteiger charge is 2.17. The van der Waals surface area contributed by atoms with Gasteiger partial charge >= 0.3 is 0 Å².